The standard InChI is InChI=1S/C15H23N3O2S/c1-11(9-16)17(2)14(19)3-4-15(20)18-7-5-13-12(10-18)6-8-21-13/h6,8,11H,3-5,7,9-10,16H2,1-2H3. The molecule has 1 aromatic rings. The van der Waals surface area contributed by atoms with Crippen molar-refractivity contribution in [2.75, 3.05) is 20.1 Å². The van der Waals surface area contributed by atoms with E-state index in [0.29, 0.717) is 13.1 Å². The van der Waals surface area contributed by atoms with Gasteiger partial charge in [-0.05, 0) is 30.4 Å². The van der Waals surface area contributed by atoms with Crippen molar-refractivity contribution in [2.45, 2.75) is 38.8 Å². The normalized spacial score (nSPS) is 15.5. The van der Waals surface area contributed by atoms with Gasteiger partial charge in [-0.25, -0.2) is 0 Å². The van der Waals surface area contributed by atoms with Crippen LogP contribution in [0.3, 0.4) is 0 Å². The predicted octanol–water partition coefficient (Wildman–Crippen LogP) is 1.22. The third-order valence-corrected chi connectivity index (χ3v) is 5.13. The first-order chi connectivity index (χ1) is 10.0. The van der Waals surface area contributed by atoms with E-state index >= 15 is 0 Å². The van der Waals surface area contributed by atoms with Gasteiger partial charge in [-0.2, -0.15) is 0 Å². The van der Waals surface area contributed by atoms with E-state index in [1.807, 2.05) is 11.8 Å². The second kappa shape index (κ2) is 7.04. The van der Waals surface area contributed by atoms with E-state index in [4.69, 9.17) is 5.73 Å². The zero-order chi connectivity index (χ0) is 15.4. The topological polar surface area (TPSA) is 66.6 Å². The van der Waals surface area contributed by atoms with Crippen LogP contribution in [0.2, 0.25) is 0 Å². The third kappa shape index (κ3) is 3.83. The SMILES string of the molecule is CC(CN)N(C)C(=O)CCC(=O)N1CCc2sccc2C1. The molecule has 0 saturated carbocycles. The van der Waals surface area contributed by atoms with E-state index in [0.717, 1.165) is 13.0 Å². The van der Waals surface area contributed by atoms with Gasteiger partial charge < -0.3 is 15.5 Å². The summed E-state index contributed by atoms with van der Waals surface area (Å²) in [6.45, 7) is 3.78. The number of nitrogens with two attached hydrogens (primary N) is 1. The molecule has 1 aliphatic heterocycles. The molecule has 1 aliphatic rings. The van der Waals surface area contributed by atoms with Crippen molar-refractivity contribution in [1.29, 1.82) is 0 Å². The summed E-state index contributed by atoms with van der Waals surface area (Å²) < 4.78 is 0. The van der Waals surface area contributed by atoms with Crippen LogP contribution in [0, 0.1) is 0 Å². The highest BCUT2D eigenvalue weighted by Crippen LogP contribution is 2.24. The lowest BCUT2D eigenvalue weighted by Crippen LogP contribution is -2.40. The molecule has 0 radical (unpaired) electrons. The number of fused-ring (bicyclic) bond motifs is 1. The molecule has 0 aliphatic carbocycles. The summed E-state index contributed by atoms with van der Waals surface area (Å²) in [5.41, 5.74) is 6.80. The van der Waals surface area contributed by atoms with Gasteiger partial charge in [0.1, 0.15) is 0 Å². The van der Waals surface area contributed by atoms with Crippen LogP contribution in [0.5, 0.6) is 0 Å². The van der Waals surface area contributed by atoms with Gasteiger partial charge >= 0.3 is 0 Å². The lowest BCUT2D eigenvalue weighted by Gasteiger charge is -2.28. The van der Waals surface area contributed by atoms with Gasteiger partial charge in [0, 0.05) is 50.4 Å². The summed E-state index contributed by atoms with van der Waals surface area (Å²) in [7, 11) is 1.74. The Morgan fingerprint density at radius 3 is 2.95 bits per heavy atom. The van der Waals surface area contributed by atoms with Crippen molar-refractivity contribution >= 4 is 23.2 Å². The number of likely N-dealkylation sites (N-methyl/N-ethyl adjacent to an activating group) is 1. The maximum atomic E-state index is 12.2. The molecule has 0 aromatic carbocycles. The Balaban J connectivity index is 1.82. The largest absolute Gasteiger partial charge is 0.342 e. The molecular weight excluding hydrogens is 286 g/mol. The summed E-state index contributed by atoms with van der Waals surface area (Å²) in [5.74, 6) is 0.0449. The zero-order valence-corrected chi connectivity index (χ0v) is 13.5. The fourth-order valence-electron chi connectivity index (χ4n) is 2.41. The van der Waals surface area contributed by atoms with Crippen LogP contribution in [0.4, 0.5) is 0 Å². The molecular formula is C15H23N3O2S. The number of rotatable bonds is 5. The number of carbonyl (C=O) groups excluding carboxylic acids is 2. The van der Waals surface area contributed by atoms with E-state index in [1.54, 1.807) is 23.3 Å². The monoisotopic (exact) mass is 309 g/mol. The van der Waals surface area contributed by atoms with Crippen LogP contribution in [0.15, 0.2) is 11.4 Å². The highest BCUT2D eigenvalue weighted by Gasteiger charge is 2.22. The minimum atomic E-state index is -0.0190. The first-order valence-corrected chi connectivity index (χ1v) is 8.19. The number of hydrogen-bond donors (Lipinski definition) is 1. The van der Waals surface area contributed by atoms with Crippen molar-refractivity contribution < 1.29 is 9.59 Å². The average molecular weight is 309 g/mol. The molecule has 0 bridgehead atoms. The van der Waals surface area contributed by atoms with Crippen molar-refractivity contribution in [1.82, 2.24) is 9.80 Å². The second-order valence-electron chi connectivity index (χ2n) is 5.52. The highest BCUT2D eigenvalue weighted by atomic mass is 32.1. The number of amides is 2. The van der Waals surface area contributed by atoms with E-state index in [1.165, 1.54) is 10.4 Å². The van der Waals surface area contributed by atoms with E-state index < -0.39 is 0 Å². The van der Waals surface area contributed by atoms with Crippen LogP contribution >= 0.6 is 11.3 Å². The molecule has 0 saturated heterocycles. The first kappa shape index (κ1) is 16.0. The van der Waals surface area contributed by atoms with Gasteiger partial charge in [-0.3, -0.25) is 9.59 Å². The van der Waals surface area contributed by atoms with E-state index in [9.17, 15) is 9.59 Å². The minimum Gasteiger partial charge on any atom is -0.342 e. The molecule has 1 atom stereocenters. The summed E-state index contributed by atoms with van der Waals surface area (Å²) in [4.78, 5) is 29.1. The Morgan fingerprint density at radius 2 is 2.24 bits per heavy atom. The van der Waals surface area contributed by atoms with Gasteiger partial charge in [0.05, 0.1) is 0 Å². The smallest absolute Gasteiger partial charge is 0.223 e. The third-order valence-electron chi connectivity index (χ3n) is 4.11. The van der Waals surface area contributed by atoms with Crippen LogP contribution in [-0.4, -0.2) is 47.8 Å². The van der Waals surface area contributed by atoms with Gasteiger partial charge in [0.15, 0.2) is 0 Å². The molecule has 116 valence electrons. The first-order valence-electron chi connectivity index (χ1n) is 7.31. The number of nitrogens with zero attached hydrogens (tertiary/aromatic N) is 2. The molecule has 2 N–H and O–H groups in total. The Hall–Kier alpha value is -1.40. The van der Waals surface area contributed by atoms with Crippen molar-refractivity contribution in [3.05, 3.63) is 21.9 Å². The molecule has 1 unspecified atom stereocenters. The molecule has 2 rings (SSSR count). The second-order valence-corrected chi connectivity index (χ2v) is 6.52. The molecule has 1 aromatic heterocycles. The lowest BCUT2D eigenvalue weighted by molar-refractivity contribution is -0.137. The van der Waals surface area contributed by atoms with Crippen molar-refractivity contribution in [3.63, 3.8) is 0 Å². The Labute approximate surface area is 129 Å². The molecule has 2 amide bonds. The maximum Gasteiger partial charge on any atom is 0.223 e. The molecule has 0 fully saturated rings. The number of thiophene rings is 1. The molecule has 21 heavy (non-hydrogen) atoms. The molecule has 5 nitrogen and oxygen atoms in total. The van der Waals surface area contributed by atoms with Gasteiger partial charge in [0.25, 0.3) is 0 Å². The van der Waals surface area contributed by atoms with Gasteiger partial charge in [-0.1, -0.05) is 0 Å². The predicted molar refractivity (Wildman–Crippen MR) is 84.0 cm³/mol. The van der Waals surface area contributed by atoms with Crippen LogP contribution in [-0.2, 0) is 22.6 Å². The maximum absolute atomic E-state index is 12.2. The highest BCUT2D eigenvalue weighted by molar-refractivity contribution is 7.10. The van der Waals surface area contributed by atoms with Crippen molar-refractivity contribution in [3.8, 4) is 0 Å². The van der Waals surface area contributed by atoms with Crippen LogP contribution in [0.1, 0.15) is 30.2 Å². The molecule has 2 heterocycles. The Kier molecular flexibility index (Phi) is 5.36. The Morgan fingerprint density at radius 1 is 1.48 bits per heavy atom. The summed E-state index contributed by atoms with van der Waals surface area (Å²) in [6.07, 6.45) is 1.46. The quantitative estimate of drug-likeness (QED) is 0.889. The fraction of sp³-hybridized carbons (Fsp3) is 0.600. The number of carbonyl (C=O) groups is 2. The van der Waals surface area contributed by atoms with Gasteiger partial charge in [0.2, 0.25) is 11.8 Å². The van der Waals surface area contributed by atoms with Crippen LogP contribution < -0.4 is 5.73 Å². The summed E-state index contributed by atoms with van der Waals surface area (Å²) in [5, 5.41) is 2.07. The molecule has 6 heteroatoms. The van der Waals surface area contributed by atoms with Crippen molar-refractivity contribution in [2.24, 2.45) is 5.73 Å². The molecule has 0 spiro atoms. The Bertz CT molecular complexity index is 515. The summed E-state index contributed by atoms with van der Waals surface area (Å²) in [6, 6.07) is 2.09. The van der Waals surface area contributed by atoms with Crippen LogP contribution in [0.25, 0.3) is 0 Å². The van der Waals surface area contributed by atoms with E-state index in [2.05, 4.69) is 11.4 Å². The average Bonchev–Trinajstić information content (AvgIpc) is 2.97. The minimum absolute atomic E-state index is 0.0101. The fourth-order valence-corrected chi connectivity index (χ4v) is 3.30. The lowest BCUT2D eigenvalue weighted by atomic mass is 10.1. The van der Waals surface area contributed by atoms with E-state index in [-0.39, 0.29) is 30.7 Å². The zero-order valence-electron chi connectivity index (χ0n) is 12.7. The summed E-state index contributed by atoms with van der Waals surface area (Å²) >= 11 is 1.76. The number of hydrogen-bond acceptors (Lipinski definition) is 4. The van der Waals surface area contributed by atoms with Gasteiger partial charge in [-0.15, -0.1) is 11.3 Å².